The first kappa shape index (κ1) is 29.2. The number of aliphatic carboxylic acids is 2. The fourth-order valence-corrected chi connectivity index (χ4v) is 2.38. The number of aliphatic hydroxyl groups excluding tert-OH is 1. The monoisotopic (exact) mass is 476 g/mol. The van der Waals surface area contributed by atoms with Crippen LogP contribution in [-0.4, -0.2) is 87.6 Å². The van der Waals surface area contributed by atoms with Crippen LogP contribution < -0.4 is 33.2 Å². The van der Waals surface area contributed by atoms with Crippen molar-refractivity contribution in [3.05, 3.63) is 0 Å². The first-order valence-electron chi connectivity index (χ1n) is 9.57. The number of nitrogens with two attached hydrogens (primary N) is 3. The van der Waals surface area contributed by atoms with E-state index in [2.05, 4.69) is 10.6 Å². The summed E-state index contributed by atoms with van der Waals surface area (Å²) in [7, 11) is 0. The van der Waals surface area contributed by atoms with Crippen LogP contribution in [0.2, 0.25) is 0 Å². The molecule has 16 heteroatoms. The number of carbonyl (C=O) groups excluding carboxylic acids is 5. The normalized spacial score (nSPS) is 14.1. The minimum absolute atomic E-state index is 0.132. The van der Waals surface area contributed by atoms with E-state index in [1.54, 1.807) is 0 Å². The van der Waals surface area contributed by atoms with E-state index in [-0.39, 0.29) is 25.7 Å². The molecule has 0 spiro atoms. The molecule has 4 unspecified atom stereocenters. The van der Waals surface area contributed by atoms with Gasteiger partial charge >= 0.3 is 11.9 Å². The van der Waals surface area contributed by atoms with E-state index in [1.807, 2.05) is 5.32 Å². The molecule has 0 aromatic heterocycles. The van der Waals surface area contributed by atoms with E-state index in [9.17, 15) is 38.7 Å². The maximum Gasteiger partial charge on any atom is 0.326 e. The second kappa shape index (κ2) is 14.3. The predicted octanol–water partition coefficient (Wildman–Crippen LogP) is -5.15. The summed E-state index contributed by atoms with van der Waals surface area (Å²) in [5, 5.41) is 33.3. The van der Waals surface area contributed by atoms with E-state index < -0.39 is 78.7 Å². The molecule has 12 N–H and O–H groups in total. The molecular formula is C17H28N6O10. The van der Waals surface area contributed by atoms with Crippen molar-refractivity contribution in [1.82, 2.24) is 16.0 Å². The van der Waals surface area contributed by atoms with Crippen LogP contribution in [0.4, 0.5) is 0 Å². The highest BCUT2D eigenvalue weighted by Gasteiger charge is 2.31. The maximum absolute atomic E-state index is 12.6. The number of aliphatic hydroxyl groups is 1. The van der Waals surface area contributed by atoms with Gasteiger partial charge in [0.05, 0.1) is 19.1 Å². The van der Waals surface area contributed by atoms with Crippen molar-refractivity contribution in [2.24, 2.45) is 17.2 Å². The average Bonchev–Trinajstić information content (AvgIpc) is 2.71. The fraction of sp³-hybridized carbons (Fsp3) is 0.588. The summed E-state index contributed by atoms with van der Waals surface area (Å²) in [5.74, 6) is -7.84. The number of rotatable bonds is 16. The molecule has 0 aromatic carbocycles. The molecule has 0 aliphatic heterocycles. The topological polar surface area (TPSA) is 294 Å². The van der Waals surface area contributed by atoms with Gasteiger partial charge in [-0.2, -0.15) is 0 Å². The second-order valence-electron chi connectivity index (χ2n) is 6.92. The highest BCUT2D eigenvalue weighted by atomic mass is 16.4. The largest absolute Gasteiger partial charge is 0.481 e. The molecule has 0 saturated heterocycles. The summed E-state index contributed by atoms with van der Waals surface area (Å²) in [6.07, 6.45) is -1.97. The Morgan fingerprint density at radius 3 is 1.61 bits per heavy atom. The number of hydrogen-bond acceptors (Lipinski definition) is 9. The number of primary amides is 2. The number of carbonyl (C=O) groups is 7. The molecule has 0 aliphatic rings. The number of carboxylic acid groups (broad SMARTS) is 2. The molecule has 0 aliphatic carbocycles. The Kier molecular flexibility index (Phi) is 12.7. The van der Waals surface area contributed by atoms with Crippen LogP contribution in [0.15, 0.2) is 0 Å². The highest BCUT2D eigenvalue weighted by Crippen LogP contribution is 2.02. The van der Waals surface area contributed by atoms with E-state index in [0.717, 1.165) is 0 Å². The van der Waals surface area contributed by atoms with Gasteiger partial charge in [-0.3, -0.25) is 28.8 Å². The van der Waals surface area contributed by atoms with Crippen LogP contribution in [0.1, 0.15) is 32.1 Å². The Morgan fingerprint density at radius 2 is 1.15 bits per heavy atom. The average molecular weight is 476 g/mol. The third-order valence-corrected chi connectivity index (χ3v) is 4.16. The Hall–Kier alpha value is -3.79. The van der Waals surface area contributed by atoms with Crippen molar-refractivity contribution < 1.29 is 48.9 Å². The lowest BCUT2D eigenvalue weighted by molar-refractivity contribution is -0.147. The summed E-state index contributed by atoms with van der Waals surface area (Å²) >= 11 is 0. The smallest absolute Gasteiger partial charge is 0.326 e. The fourth-order valence-electron chi connectivity index (χ4n) is 2.38. The van der Waals surface area contributed by atoms with Crippen LogP contribution in [0, 0.1) is 0 Å². The van der Waals surface area contributed by atoms with E-state index in [1.165, 1.54) is 0 Å². The lowest BCUT2D eigenvalue weighted by Crippen LogP contribution is -2.58. The first-order chi connectivity index (χ1) is 15.3. The SMILES string of the molecule is NC(=O)CCC(N)C(=O)NC(CCC(N)=O)C(=O)NC(CO)C(=O)NC(CC(=O)O)C(=O)O. The van der Waals surface area contributed by atoms with Gasteiger partial charge in [-0.05, 0) is 12.8 Å². The third kappa shape index (κ3) is 12.0. The molecule has 0 fully saturated rings. The molecule has 16 nitrogen and oxygen atoms in total. The van der Waals surface area contributed by atoms with Crippen molar-refractivity contribution >= 4 is 41.5 Å². The lowest BCUT2D eigenvalue weighted by atomic mass is 10.1. The molecule has 5 amide bonds. The van der Waals surface area contributed by atoms with Crippen LogP contribution in [-0.2, 0) is 33.6 Å². The number of nitrogens with one attached hydrogen (secondary N) is 3. The molecule has 0 rings (SSSR count). The number of carboxylic acids is 2. The van der Waals surface area contributed by atoms with Crippen LogP contribution in [0.25, 0.3) is 0 Å². The Labute approximate surface area is 187 Å². The van der Waals surface area contributed by atoms with Crippen LogP contribution in [0.3, 0.4) is 0 Å². The van der Waals surface area contributed by atoms with Crippen molar-refractivity contribution in [2.75, 3.05) is 6.61 Å². The lowest BCUT2D eigenvalue weighted by Gasteiger charge is -2.24. The Balaban J connectivity index is 5.31. The van der Waals surface area contributed by atoms with Gasteiger partial charge in [0, 0.05) is 12.8 Å². The highest BCUT2D eigenvalue weighted by molar-refractivity contribution is 5.95. The van der Waals surface area contributed by atoms with Gasteiger partial charge in [-0.15, -0.1) is 0 Å². The van der Waals surface area contributed by atoms with Crippen LogP contribution in [0.5, 0.6) is 0 Å². The number of hydrogen-bond donors (Lipinski definition) is 9. The zero-order valence-corrected chi connectivity index (χ0v) is 17.5. The van der Waals surface area contributed by atoms with Crippen molar-refractivity contribution in [3.8, 4) is 0 Å². The predicted molar refractivity (Wildman–Crippen MR) is 108 cm³/mol. The van der Waals surface area contributed by atoms with Crippen LogP contribution >= 0.6 is 0 Å². The van der Waals surface area contributed by atoms with Crippen molar-refractivity contribution in [2.45, 2.75) is 56.3 Å². The maximum atomic E-state index is 12.6. The summed E-state index contributed by atoms with van der Waals surface area (Å²) in [5.41, 5.74) is 15.6. The van der Waals surface area contributed by atoms with Gasteiger partial charge in [0.25, 0.3) is 0 Å². The molecule has 186 valence electrons. The van der Waals surface area contributed by atoms with Gasteiger partial charge in [0.2, 0.25) is 29.5 Å². The minimum Gasteiger partial charge on any atom is -0.481 e. The molecule has 0 bridgehead atoms. The zero-order valence-electron chi connectivity index (χ0n) is 17.5. The van der Waals surface area contributed by atoms with Gasteiger partial charge < -0.3 is 48.5 Å². The van der Waals surface area contributed by atoms with E-state index in [4.69, 9.17) is 27.4 Å². The van der Waals surface area contributed by atoms with Gasteiger partial charge in [0.15, 0.2) is 0 Å². The van der Waals surface area contributed by atoms with E-state index in [0.29, 0.717) is 0 Å². The first-order valence-corrected chi connectivity index (χ1v) is 9.57. The Morgan fingerprint density at radius 1 is 0.697 bits per heavy atom. The molecular weight excluding hydrogens is 448 g/mol. The van der Waals surface area contributed by atoms with E-state index >= 15 is 0 Å². The molecule has 4 atom stereocenters. The summed E-state index contributed by atoms with van der Waals surface area (Å²) < 4.78 is 0. The molecule has 33 heavy (non-hydrogen) atoms. The second-order valence-corrected chi connectivity index (χ2v) is 6.92. The zero-order chi connectivity index (χ0) is 25.7. The molecule has 0 radical (unpaired) electrons. The molecule has 0 aromatic rings. The van der Waals surface area contributed by atoms with Crippen molar-refractivity contribution in [1.29, 1.82) is 0 Å². The number of amides is 5. The summed E-state index contributed by atoms with van der Waals surface area (Å²) in [6.45, 7) is -1.01. The third-order valence-electron chi connectivity index (χ3n) is 4.16. The van der Waals surface area contributed by atoms with Gasteiger partial charge in [-0.25, -0.2) is 4.79 Å². The Bertz CT molecular complexity index is 773. The van der Waals surface area contributed by atoms with Gasteiger partial charge in [-0.1, -0.05) is 0 Å². The van der Waals surface area contributed by atoms with Gasteiger partial charge in [0.1, 0.15) is 18.1 Å². The molecule has 0 saturated carbocycles. The summed E-state index contributed by atoms with van der Waals surface area (Å²) in [4.78, 5) is 80.7. The minimum atomic E-state index is -1.84. The molecule has 0 heterocycles. The van der Waals surface area contributed by atoms with Crippen molar-refractivity contribution in [3.63, 3.8) is 0 Å². The quantitative estimate of drug-likeness (QED) is 0.101. The summed E-state index contributed by atoms with van der Waals surface area (Å²) in [6, 6.07) is -6.23. The standard InChI is InChI=1S/C17H28N6O10/c18-7(1-3-11(19)25)14(29)21-8(2-4-12(20)26)15(30)23-10(6-24)16(31)22-9(17(32)33)5-13(27)28/h7-10,24H,1-6,18H2,(H2,19,25)(H2,20,26)(H,21,29)(H,22,31)(H,23,30)(H,27,28)(H,32,33).